The molecular weight excluding hydrogens is 304 g/mol. The molecule has 0 heterocycles. The third kappa shape index (κ3) is 4.02. The molecule has 0 saturated heterocycles. The van der Waals surface area contributed by atoms with Gasteiger partial charge in [-0.25, -0.2) is 0 Å². The maximum atomic E-state index is 12.5. The predicted octanol–water partition coefficient (Wildman–Crippen LogP) is 4.00. The number of carbonyl (C=O) groups is 2. The number of ether oxygens (including phenoxy) is 2. The second-order valence-corrected chi connectivity index (χ2v) is 5.97. The first-order valence-electron chi connectivity index (χ1n) is 8.27. The minimum atomic E-state index is -0.449. The third-order valence-corrected chi connectivity index (χ3v) is 4.29. The number of esters is 2. The summed E-state index contributed by atoms with van der Waals surface area (Å²) in [7, 11) is 0. The smallest absolute Gasteiger partial charge is 0.315 e. The fourth-order valence-corrected chi connectivity index (χ4v) is 3.06. The number of hydrogen-bond donors (Lipinski definition) is 0. The predicted molar refractivity (Wildman–Crippen MR) is 89.6 cm³/mol. The second kappa shape index (κ2) is 7.77. The zero-order valence-corrected chi connectivity index (χ0v) is 13.4. The molecule has 0 radical (unpaired) electrons. The van der Waals surface area contributed by atoms with Gasteiger partial charge in [-0.3, -0.25) is 9.59 Å². The first-order valence-corrected chi connectivity index (χ1v) is 8.27. The van der Waals surface area contributed by atoms with Gasteiger partial charge < -0.3 is 9.47 Å². The van der Waals surface area contributed by atoms with E-state index in [9.17, 15) is 9.59 Å². The number of para-hydroxylation sites is 2. The standard InChI is InChI=1S/C20H20O4/c21-19(23-15-9-3-1-4-10-15)17-13-7-8-14-18(17)20(22)24-16-11-5-2-6-12-16/h1-6,9-12,17-18H,7-8,13-14H2. The van der Waals surface area contributed by atoms with Crippen molar-refractivity contribution in [2.24, 2.45) is 11.8 Å². The van der Waals surface area contributed by atoms with Gasteiger partial charge >= 0.3 is 11.9 Å². The maximum absolute atomic E-state index is 12.5. The molecule has 4 heteroatoms. The van der Waals surface area contributed by atoms with Gasteiger partial charge in [0, 0.05) is 0 Å². The van der Waals surface area contributed by atoms with Crippen molar-refractivity contribution in [3.05, 3.63) is 60.7 Å². The van der Waals surface area contributed by atoms with Gasteiger partial charge in [0.1, 0.15) is 11.5 Å². The van der Waals surface area contributed by atoms with Gasteiger partial charge in [0.15, 0.2) is 0 Å². The fourth-order valence-electron chi connectivity index (χ4n) is 3.06. The number of hydrogen-bond acceptors (Lipinski definition) is 4. The maximum Gasteiger partial charge on any atom is 0.315 e. The molecule has 0 spiro atoms. The Kier molecular flexibility index (Phi) is 5.26. The van der Waals surface area contributed by atoms with E-state index in [-0.39, 0.29) is 11.9 Å². The van der Waals surface area contributed by atoms with Gasteiger partial charge in [0.2, 0.25) is 0 Å². The zero-order valence-electron chi connectivity index (χ0n) is 13.4. The topological polar surface area (TPSA) is 52.6 Å². The van der Waals surface area contributed by atoms with Crippen molar-refractivity contribution in [3.63, 3.8) is 0 Å². The highest BCUT2D eigenvalue weighted by Crippen LogP contribution is 2.32. The largest absolute Gasteiger partial charge is 0.426 e. The Bertz CT molecular complexity index is 620. The average Bonchev–Trinajstić information content (AvgIpc) is 2.63. The van der Waals surface area contributed by atoms with Crippen LogP contribution < -0.4 is 9.47 Å². The van der Waals surface area contributed by atoms with Crippen LogP contribution in [0.15, 0.2) is 60.7 Å². The molecule has 124 valence electrons. The Morgan fingerprint density at radius 1 is 0.667 bits per heavy atom. The van der Waals surface area contributed by atoms with E-state index >= 15 is 0 Å². The molecule has 3 rings (SSSR count). The van der Waals surface area contributed by atoms with Crippen molar-refractivity contribution in [1.29, 1.82) is 0 Å². The molecule has 0 bridgehead atoms. The van der Waals surface area contributed by atoms with E-state index in [0.717, 1.165) is 12.8 Å². The molecule has 0 amide bonds. The van der Waals surface area contributed by atoms with Crippen LogP contribution in [0.5, 0.6) is 11.5 Å². The highest BCUT2D eigenvalue weighted by Gasteiger charge is 2.38. The highest BCUT2D eigenvalue weighted by atomic mass is 16.5. The Hall–Kier alpha value is -2.62. The normalized spacial score (nSPS) is 20.2. The van der Waals surface area contributed by atoms with Gasteiger partial charge in [-0.15, -0.1) is 0 Å². The van der Waals surface area contributed by atoms with Crippen LogP contribution in [0, 0.1) is 11.8 Å². The van der Waals surface area contributed by atoms with Crippen molar-refractivity contribution in [2.45, 2.75) is 25.7 Å². The molecule has 1 saturated carbocycles. The van der Waals surface area contributed by atoms with Gasteiger partial charge in [-0.2, -0.15) is 0 Å². The molecule has 2 aromatic rings. The Labute approximate surface area is 141 Å². The summed E-state index contributed by atoms with van der Waals surface area (Å²) in [5.74, 6) is -0.594. The molecule has 2 aromatic carbocycles. The van der Waals surface area contributed by atoms with Crippen LogP contribution in [0.25, 0.3) is 0 Å². The van der Waals surface area contributed by atoms with Crippen LogP contribution in [0.1, 0.15) is 25.7 Å². The number of rotatable bonds is 4. The van der Waals surface area contributed by atoms with E-state index < -0.39 is 11.8 Å². The molecule has 1 aliphatic carbocycles. The van der Waals surface area contributed by atoms with Crippen molar-refractivity contribution in [1.82, 2.24) is 0 Å². The molecule has 0 aliphatic heterocycles. The zero-order chi connectivity index (χ0) is 16.8. The van der Waals surface area contributed by atoms with Gasteiger partial charge in [0.25, 0.3) is 0 Å². The summed E-state index contributed by atoms with van der Waals surface area (Å²) in [6.07, 6.45) is 3.15. The molecule has 1 fully saturated rings. The van der Waals surface area contributed by atoms with Crippen LogP contribution in [-0.4, -0.2) is 11.9 Å². The summed E-state index contributed by atoms with van der Waals surface area (Å²) in [4.78, 5) is 25.0. The first-order chi connectivity index (χ1) is 11.7. The molecular formula is C20H20O4. The van der Waals surface area contributed by atoms with Crippen LogP contribution in [0.3, 0.4) is 0 Å². The summed E-state index contributed by atoms with van der Waals surface area (Å²) < 4.78 is 10.9. The van der Waals surface area contributed by atoms with E-state index in [1.165, 1.54) is 0 Å². The lowest BCUT2D eigenvalue weighted by atomic mass is 9.79. The van der Waals surface area contributed by atoms with Crippen molar-refractivity contribution in [2.75, 3.05) is 0 Å². The lowest BCUT2D eigenvalue weighted by Crippen LogP contribution is -2.37. The molecule has 2 unspecified atom stereocenters. The van der Waals surface area contributed by atoms with Gasteiger partial charge in [0.05, 0.1) is 11.8 Å². The SMILES string of the molecule is O=C(Oc1ccccc1)C1CCCCC1C(=O)Oc1ccccc1. The fraction of sp³-hybridized carbons (Fsp3) is 0.300. The number of carbonyl (C=O) groups excluding carboxylic acids is 2. The van der Waals surface area contributed by atoms with Gasteiger partial charge in [-0.05, 0) is 37.1 Å². The van der Waals surface area contributed by atoms with Crippen molar-refractivity contribution in [3.8, 4) is 11.5 Å². The van der Waals surface area contributed by atoms with E-state index in [1.807, 2.05) is 36.4 Å². The van der Waals surface area contributed by atoms with Crippen LogP contribution in [0.2, 0.25) is 0 Å². The Balaban J connectivity index is 1.68. The molecule has 0 aromatic heterocycles. The highest BCUT2D eigenvalue weighted by molar-refractivity contribution is 5.84. The van der Waals surface area contributed by atoms with Crippen LogP contribution in [-0.2, 0) is 9.59 Å². The monoisotopic (exact) mass is 324 g/mol. The molecule has 0 N–H and O–H groups in total. The summed E-state index contributed by atoms with van der Waals surface area (Å²) >= 11 is 0. The minimum Gasteiger partial charge on any atom is -0.426 e. The van der Waals surface area contributed by atoms with E-state index in [4.69, 9.17) is 9.47 Å². The van der Waals surface area contributed by atoms with Crippen LogP contribution >= 0.6 is 0 Å². The molecule has 4 nitrogen and oxygen atoms in total. The van der Waals surface area contributed by atoms with Gasteiger partial charge in [-0.1, -0.05) is 49.2 Å². The summed E-state index contributed by atoms with van der Waals surface area (Å²) in [6.45, 7) is 0. The van der Waals surface area contributed by atoms with Crippen LogP contribution in [0.4, 0.5) is 0 Å². The molecule has 2 atom stereocenters. The van der Waals surface area contributed by atoms with E-state index in [1.54, 1.807) is 24.3 Å². The second-order valence-electron chi connectivity index (χ2n) is 5.97. The Morgan fingerprint density at radius 3 is 1.42 bits per heavy atom. The minimum absolute atomic E-state index is 0.351. The van der Waals surface area contributed by atoms with E-state index in [2.05, 4.69) is 0 Å². The summed E-state index contributed by atoms with van der Waals surface area (Å²) in [5.41, 5.74) is 0. The number of benzene rings is 2. The summed E-state index contributed by atoms with van der Waals surface area (Å²) in [5, 5.41) is 0. The first kappa shape index (κ1) is 16.2. The lowest BCUT2D eigenvalue weighted by molar-refractivity contribution is -0.152. The summed E-state index contributed by atoms with van der Waals surface area (Å²) in [6, 6.07) is 17.9. The van der Waals surface area contributed by atoms with Crippen molar-refractivity contribution >= 4 is 11.9 Å². The molecule has 24 heavy (non-hydrogen) atoms. The van der Waals surface area contributed by atoms with E-state index in [0.29, 0.717) is 24.3 Å². The molecule has 1 aliphatic rings. The van der Waals surface area contributed by atoms with Crippen molar-refractivity contribution < 1.29 is 19.1 Å². The third-order valence-electron chi connectivity index (χ3n) is 4.29. The lowest BCUT2D eigenvalue weighted by Gasteiger charge is -2.28. The Morgan fingerprint density at radius 2 is 1.04 bits per heavy atom. The average molecular weight is 324 g/mol. The quantitative estimate of drug-likeness (QED) is 0.630.